The normalized spacial score (nSPS) is 15.2. The van der Waals surface area contributed by atoms with E-state index in [0.29, 0.717) is 36.6 Å². The second-order valence-electron chi connectivity index (χ2n) is 8.87. The first-order valence-electron chi connectivity index (χ1n) is 11.3. The molecule has 6 heteroatoms. The van der Waals surface area contributed by atoms with Crippen LogP contribution in [-0.2, 0) is 22.6 Å². The van der Waals surface area contributed by atoms with Crippen LogP contribution in [0.15, 0.2) is 67.0 Å². The van der Waals surface area contributed by atoms with Crippen LogP contribution in [0.4, 0.5) is 5.69 Å². The number of rotatable bonds is 6. The number of amides is 2. The topological polar surface area (TPSA) is 71.5 Å². The van der Waals surface area contributed by atoms with Crippen LogP contribution in [-0.4, -0.2) is 27.7 Å². The number of hydrogen-bond donors (Lipinski definition) is 1. The lowest BCUT2D eigenvalue weighted by Gasteiger charge is -2.36. The maximum absolute atomic E-state index is 13.3. The first kappa shape index (κ1) is 22.5. The average Bonchev–Trinajstić information content (AvgIpc) is 2.80. The van der Waals surface area contributed by atoms with Crippen LogP contribution >= 0.6 is 0 Å². The van der Waals surface area contributed by atoms with Gasteiger partial charge in [0.2, 0.25) is 11.8 Å². The molecule has 1 aliphatic rings. The van der Waals surface area contributed by atoms with E-state index in [9.17, 15) is 9.59 Å². The molecule has 33 heavy (non-hydrogen) atoms. The Morgan fingerprint density at radius 3 is 2.61 bits per heavy atom. The number of aromatic nitrogens is 1. The zero-order chi connectivity index (χ0) is 23.4. The van der Waals surface area contributed by atoms with E-state index in [-0.39, 0.29) is 17.7 Å². The Morgan fingerprint density at radius 1 is 1.12 bits per heavy atom. The highest BCUT2D eigenvalue weighted by Gasteiger charge is 2.34. The summed E-state index contributed by atoms with van der Waals surface area (Å²) >= 11 is 0. The van der Waals surface area contributed by atoms with Crippen molar-refractivity contribution >= 4 is 17.5 Å². The van der Waals surface area contributed by atoms with E-state index in [2.05, 4.69) is 10.3 Å². The summed E-state index contributed by atoms with van der Waals surface area (Å²) in [7, 11) is 0. The molecule has 1 atom stereocenters. The predicted molar refractivity (Wildman–Crippen MR) is 128 cm³/mol. The summed E-state index contributed by atoms with van der Waals surface area (Å²) in [5.74, 6) is 1.41. The molecule has 0 fully saturated rings. The van der Waals surface area contributed by atoms with E-state index in [0.717, 1.165) is 16.7 Å². The summed E-state index contributed by atoms with van der Waals surface area (Å²) in [4.78, 5) is 32.1. The third-order valence-corrected chi connectivity index (χ3v) is 5.76. The number of anilines is 1. The zero-order valence-electron chi connectivity index (χ0n) is 19.2. The van der Waals surface area contributed by atoms with Crippen molar-refractivity contribution in [2.45, 2.75) is 46.2 Å². The Kier molecular flexibility index (Phi) is 6.73. The molecule has 3 aromatic rings. The van der Waals surface area contributed by atoms with Gasteiger partial charge in [0.05, 0.1) is 6.20 Å². The number of carbonyl (C=O) groups excluding carboxylic acids is 2. The minimum Gasteiger partial charge on any atom is -0.455 e. The summed E-state index contributed by atoms with van der Waals surface area (Å²) < 4.78 is 5.88. The van der Waals surface area contributed by atoms with Crippen LogP contribution in [0.25, 0.3) is 0 Å². The smallest absolute Gasteiger partial charge is 0.247 e. The number of ether oxygens (including phenoxy) is 1. The van der Waals surface area contributed by atoms with Crippen molar-refractivity contribution in [3.05, 3.63) is 83.7 Å². The van der Waals surface area contributed by atoms with Crippen molar-refractivity contribution in [2.75, 3.05) is 5.32 Å². The Labute approximate surface area is 194 Å². The molecule has 1 aliphatic heterocycles. The van der Waals surface area contributed by atoms with Crippen LogP contribution in [0.2, 0.25) is 0 Å². The molecule has 0 radical (unpaired) electrons. The minimum absolute atomic E-state index is 0.0102. The number of aryl methyl sites for hydroxylation is 1. The number of fused-ring (bicyclic) bond motifs is 1. The molecule has 1 N–H and O–H groups in total. The average molecular weight is 444 g/mol. The molecule has 1 aromatic heterocycles. The van der Waals surface area contributed by atoms with E-state index >= 15 is 0 Å². The van der Waals surface area contributed by atoms with Crippen LogP contribution in [0, 0.1) is 12.8 Å². The molecule has 0 bridgehead atoms. The van der Waals surface area contributed by atoms with Crippen molar-refractivity contribution in [1.82, 2.24) is 9.88 Å². The van der Waals surface area contributed by atoms with Crippen LogP contribution in [0.3, 0.4) is 0 Å². The van der Waals surface area contributed by atoms with Gasteiger partial charge in [0.15, 0.2) is 0 Å². The third-order valence-electron chi connectivity index (χ3n) is 5.76. The predicted octanol–water partition coefficient (Wildman–Crippen LogP) is 5.12. The second kappa shape index (κ2) is 9.86. The zero-order valence-corrected chi connectivity index (χ0v) is 19.2. The first-order valence-corrected chi connectivity index (χ1v) is 11.3. The molecule has 4 rings (SSSR count). The Bertz CT molecular complexity index is 1140. The maximum Gasteiger partial charge on any atom is 0.247 e. The lowest BCUT2D eigenvalue weighted by molar-refractivity contribution is -0.140. The highest BCUT2D eigenvalue weighted by Crippen LogP contribution is 2.29. The second-order valence-corrected chi connectivity index (χ2v) is 8.87. The monoisotopic (exact) mass is 443 g/mol. The molecule has 6 nitrogen and oxygen atoms in total. The molecule has 1 unspecified atom stereocenters. The van der Waals surface area contributed by atoms with Gasteiger partial charge in [-0.15, -0.1) is 0 Å². The van der Waals surface area contributed by atoms with Gasteiger partial charge in [-0.25, -0.2) is 0 Å². The third kappa shape index (κ3) is 5.40. The molecule has 2 aromatic carbocycles. The molecule has 170 valence electrons. The Morgan fingerprint density at radius 2 is 1.91 bits per heavy atom. The van der Waals surface area contributed by atoms with E-state index in [1.807, 2.05) is 75.4 Å². The Hall–Kier alpha value is -3.67. The van der Waals surface area contributed by atoms with E-state index in [1.165, 1.54) is 0 Å². The fraction of sp³-hybridized carbons (Fsp3) is 0.296. The summed E-state index contributed by atoms with van der Waals surface area (Å²) in [6, 6.07) is 16.6. The van der Waals surface area contributed by atoms with E-state index < -0.39 is 6.04 Å². The van der Waals surface area contributed by atoms with Crippen molar-refractivity contribution in [2.24, 2.45) is 5.92 Å². The van der Waals surface area contributed by atoms with Gasteiger partial charge in [-0.05, 0) is 59.9 Å². The minimum atomic E-state index is -0.544. The van der Waals surface area contributed by atoms with Gasteiger partial charge in [-0.2, -0.15) is 0 Å². The number of nitrogens with zero attached hydrogens (tertiary/aromatic N) is 2. The SMILES string of the molecule is Cc1cc(NC(=O)C2Cc3ccccc3CN2C(=O)CC(C)C)ccc1Oc1cccnc1. The van der Waals surface area contributed by atoms with Gasteiger partial charge in [-0.3, -0.25) is 14.6 Å². The lowest BCUT2D eigenvalue weighted by atomic mass is 9.92. The fourth-order valence-electron chi connectivity index (χ4n) is 4.09. The molecular formula is C27H29N3O3. The van der Waals surface area contributed by atoms with Gasteiger partial charge in [0, 0.05) is 31.3 Å². The van der Waals surface area contributed by atoms with Crippen LogP contribution in [0.5, 0.6) is 11.5 Å². The van der Waals surface area contributed by atoms with Gasteiger partial charge in [0.25, 0.3) is 0 Å². The van der Waals surface area contributed by atoms with Crippen LogP contribution < -0.4 is 10.1 Å². The highest BCUT2D eigenvalue weighted by atomic mass is 16.5. The van der Waals surface area contributed by atoms with Crippen molar-refractivity contribution < 1.29 is 14.3 Å². The molecule has 0 saturated carbocycles. The fourth-order valence-corrected chi connectivity index (χ4v) is 4.09. The van der Waals surface area contributed by atoms with E-state index in [1.54, 1.807) is 17.3 Å². The highest BCUT2D eigenvalue weighted by molar-refractivity contribution is 5.97. The largest absolute Gasteiger partial charge is 0.455 e. The standard InChI is InChI=1S/C27H29N3O3/c1-18(2)13-26(31)30-17-21-8-5-4-7-20(21)15-24(30)27(32)29-22-10-11-25(19(3)14-22)33-23-9-6-12-28-16-23/h4-12,14,16,18,24H,13,15,17H2,1-3H3,(H,29,32). The van der Waals surface area contributed by atoms with Crippen molar-refractivity contribution in [1.29, 1.82) is 0 Å². The number of hydrogen-bond acceptors (Lipinski definition) is 4. The maximum atomic E-state index is 13.3. The van der Waals surface area contributed by atoms with Gasteiger partial charge >= 0.3 is 0 Å². The lowest BCUT2D eigenvalue weighted by Crippen LogP contribution is -2.50. The first-order chi connectivity index (χ1) is 15.9. The number of pyridine rings is 1. The van der Waals surface area contributed by atoms with Gasteiger partial charge in [-0.1, -0.05) is 38.1 Å². The number of benzene rings is 2. The van der Waals surface area contributed by atoms with Crippen LogP contribution in [0.1, 0.15) is 37.0 Å². The van der Waals surface area contributed by atoms with Crippen molar-refractivity contribution in [3.63, 3.8) is 0 Å². The number of carbonyl (C=O) groups is 2. The van der Waals surface area contributed by atoms with Gasteiger partial charge < -0.3 is 15.0 Å². The molecule has 0 aliphatic carbocycles. The number of nitrogens with one attached hydrogen (secondary N) is 1. The molecule has 2 amide bonds. The van der Waals surface area contributed by atoms with Crippen molar-refractivity contribution in [3.8, 4) is 11.5 Å². The molecule has 0 spiro atoms. The summed E-state index contributed by atoms with van der Waals surface area (Å²) in [6.07, 6.45) is 4.27. The summed E-state index contributed by atoms with van der Waals surface area (Å²) in [5, 5.41) is 3.01. The summed E-state index contributed by atoms with van der Waals surface area (Å²) in [5.41, 5.74) is 3.78. The summed E-state index contributed by atoms with van der Waals surface area (Å²) in [6.45, 7) is 6.42. The Balaban J connectivity index is 1.52. The van der Waals surface area contributed by atoms with Gasteiger partial charge in [0.1, 0.15) is 17.5 Å². The molecule has 2 heterocycles. The quantitative estimate of drug-likeness (QED) is 0.574. The molecule has 0 saturated heterocycles. The van der Waals surface area contributed by atoms with E-state index in [4.69, 9.17) is 4.74 Å². The molecular weight excluding hydrogens is 414 g/mol.